The molecule has 27 heteroatoms. The first-order chi connectivity index (χ1) is 30.7. The van der Waals surface area contributed by atoms with Crippen LogP contribution in [-0.4, -0.2) is 76.1 Å². The first-order valence-corrected chi connectivity index (χ1v) is 23.7. The zero-order valence-electron chi connectivity index (χ0n) is 34.6. The Morgan fingerprint density at radius 3 is 2.15 bits per heavy atom. The van der Waals surface area contributed by atoms with Gasteiger partial charge in [-0.05, 0) is 86.0 Å². The summed E-state index contributed by atoms with van der Waals surface area (Å²) >= 11 is 12.1. The molecule has 2 amide bonds. The minimum Gasteiger partial charge on any atom is -0.346 e. The highest BCUT2D eigenvalue weighted by atomic mass is 35.5. The molecule has 13 nitrogen and oxygen atoms in total. The number of amides is 2. The summed E-state index contributed by atoms with van der Waals surface area (Å²) in [4.78, 5) is 31.1. The van der Waals surface area contributed by atoms with Crippen molar-refractivity contribution < 1.29 is 70.3 Å². The molecule has 1 unspecified atom stereocenters. The Bertz CT molecular complexity index is 3180. The van der Waals surface area contributed by atoms with Crippen LogP contribution in [0.3, 0.4) is 0 Å². The highest BCUT2D eigenvalue weighted by molar-refractivity contribution is 7.93. The quantitative estimate of drug-likeness (QED) is 0.0592. The Balaban J connectivity index is 1.48. The number of nitrogens with one attached hydrogen (secondary N) is 1. The lowest BCUT2D eigenvalue weighted by molar-refractivity contribution is -0.143. The second-order valence-electron chi connectivity index (χ2n) is 16.3. The van der Waals surface area contributed by atoms with E-state index in [2.05, 4.69) is 32.3 Å². The highest BCUT2D eigenvalue weighted by Gasteiger charge is 2.68. The monoisotopic (exact) mass is 1030 g/mol. The number of halogens is 12. The van der Waals surface area contributed by atoms with Gasteiger partial charge >= 0.3 is 17.7 Å². The van der Waals surface area contributed by atoms with Crippen LogP contribution in [0.5, 0.6) is 0 Å². The molecule has 67 heavy (non-hydrogen) atoms. The van der Waals surface area contributed by atoms with E-state index in [1.165, 1.54) is 13.8 Å². The van der Waals surface area contributed by atoms with Crippen LogP contribution in [-0.2, 0) is 56.3 Å². The van der Waals surface area contributed by atoms with E-state index in [1.54, 1.807) is 0 Å². The molecule has 2 aromatic carbocycles. The summed E-state index contributed by atoms with van der Waals surface area (Å²) in [6, 6.07) is 4.72. The predicted octanol–water partition coefficient (Wildman–Crippen LogP) is 8.42. The second kappa shape index (κ2) is 16.7. The topological polar surface area (TPSA) is 166 Å². The van der Waals surface area contributed by atoms with Crippen LogP contribution in [0.4, 0.5) is 54.5 Å². The maximum atomic E-state index is 15.5. The van der Waals surface area contributed by atoms with E-state index < -0.39 is 148 Å². The van der Waals surface area contributed by atoms with Gasteiger partial charge in [0.1, 0.15) is 40.9 Å². The van der Waals surface area contributed by atoms with Gasteiger partial charge < -0.3 is 5.32 Å². The second-order valence-corrected chi connectivity index (χ2v) is 21.4. The fourth-order valence-electron chi connectivity index (χ4n) is 7.77. The molecule has 5 aromatic rings. The van der Waals surface area contributed by atoms with Gasteiger partial charge in [-0.15, -0.1) is 0 Å². The van der Waals surface area contributed by atoms with Gasteiger partial charge in [-0.1, -0.05) is 23.6 Å². The number of hydrogen-bond acceptors (Lipinski definition) is 9. The number of sulfonamides is 1. The van der Waals surface area contributed by atoms with Crippen molar-refractivity contribution in [3.8, 4) is 23.0 Å². The van der Waals surface area contributed by atoms with Crippen LogP contribution in [0.1, 0.15) is 66.1 Å². The van der Waals surface area contributed by atoms with Crippen molar-refractivity contribution in [3.63, 3.8) is 0 Å². The Morgan fingerprint density at radius 2 is 1.58 bits per heavy atom. The molecule has 2 aliphatic rings. The lowest BCUT2D eigenvalue weighted by Gasteiger charge is -2.23. The molecule has 0 radical (unpaired) electrons. The average molecular weight is 1030 g/mol. The molecule has 0 aliphatic heterocycles. The Kier molecular flexibility index (Phi) is 12.3. The van der Waals surface area contributed by atoms with Crippen LogP contribution in [0.2, 0.25) is 5.02 Å². The smallest absolute Gasteiger partial charge is 0.346 e. The molecule has 0 bridgehead atoms. The molecule has 7 rings (SSSR count). The number of nitrogens with zero attached hydrogens (tertiary/aromatic N) is 6. The van der Waals surface area contributed by atoms with Gasteiger partial charge in [0, 0.05) is 34.9 Å². The fourth-order valence-corrected chi connectivity index (χ4v) is 9.40. The van der Waals surface area contributed by atoms with E-state index in [4.69, 9.17) is 23.2 Å². The number of carbonyl (C=O) groups excluding carboxylic acids is 2. The molecule has 1 saturated carbocycles. The van der Waals surface area contributed by atoms with Gasteiger partial charge in [0.05, 0.1) is 33.9 Å². The summed E-state index contributed by atoms with van der Waals surface area (Å²) in [5.41, 5.74) is -5.88. The summed E-state index contributed by atoms with van der Waals surface area (Å²) < 4.78 is 195. The van der Waals surface area contributed by atoms with Crippen molar-refractivity contribution in [2.24, 2.45) is 5.92 Å². The highest BCUT2D eigenvalue weighted by Crippen LogP contribution is 2.68. The number of aromatic nitrogens is 5. The minimum absolute atomic E-state index is 0.133. The van der Waals surface area contributed by atoms with E-state index >= 15 is 8.78 Å². The first-order valence-electron chi connectivity index (χ1n) is 19.2. The van der Waals surface area contributed by atoms with Crippen molar-refractivity contribution >= 4 is 71.1 Å². The predicted molar refractivity (Wildman–Crippen MR) is 221 cm³/mol. The molecule has 0 saturated heterocycles. The number of hydrogen-bond donors (Lipinski definition) is 1. The zero-order valence-corrected chi connectivity index (χ0v) is 37.7. The normalized spacial score (nSPS) is 17.4. The Hall–Kier alpha value is -5.45. The summed E-state index contributed by atoms with van der Waals surface area (Å²) in [6.45, 7) is -0.796. The van der Waals surface area contributed by atoms with Crippen molar-refractivity contribution in [1.82, 2.24) is 29.9 Å². The van der Waals surface area contributed by atoms with Gasteiger partial charge in [-0.3, -0.25) is 19.0 Å². The third kappa shape index (κ3) is 9.66. The third-order valence-corrected chi connectivity index (χ3v) is 14.5. The molecule has 2 aliphatic carbocycles. The van der Waals surface area contributed by atoms with Crippen LogP contribution in [0.25, 0.3) is 22.0 Å². The van der Waals surface area contributed by atoms with Crippen molar-refractivity contribution in [2.75, 3.05) is 16.8 Å². The molecule has 0 spiro atoms. The van der Waals surface area contributed by atoms with Crippen LogP contribution in [0.15, 0.2) is 42.5 Å². The SMILES string of the molecule is CC(C)(C#Cc1ccc(-c2ccc(Cl)c3c(N(C(=O)Cl)S(C)(=O)=O)nn(CC(F)(F)F)c23)c([C@H](Cc2cc(F)cc(F)c2)NC(=O)Cn2nc(C(F)(F)F)c3c2C(F)(F)C2C[C@H]32)n1)S(C)(=O)=O. The number of carbonyl (C=O) groups is 2. The lowest BCUT2D eigenvalue weighted by atomic mass is 9.93. The Morgan fingerprint density at radius 1 is 0.955 bits per heavy atom. The minimum atomic E-state index is -5.22. The fraction of sp³-hybridized carbons (Fsp3) is 0.375. The number of pyridine rings is 1. The first kappa shape index (κ1) is 49.5. The molecular weight excluding hydrogens is 1000 g/mol. The van der Waals surface area contributed by atoms with Gasteiger partial charge in [0.25, 0.3) is 5.92 Å². The molecule has 1 N–H and O–H groups in total. The molecule has 3 atom stereocenters. The lowest BCUT2D eigenvalue weighted by Crippen LogP contribution is -2.35. The number of benzene rings is 2. The zero-order chi connectivity index (χ0) is 49.7. The van der Waals surface area contributed by atoms with Gasteiger partial charge in [0.2, 0.25) is 15.9 Å². The van der Waals surface area contributed by atoms with Crippen LogP contribution < -0.4 is 9.62 Å². The summed E-state index contributed by atoms with van der Waals surface area (Å²) in [5.74, 6) is -6.05. The van der Waals surface area contributed by atoms with Crippen LogP contribution >= 0.6 is 23.2 Å². The number of rotatable bonds is 11. The molecule has 3 aromatic heterocycles. The van der Waals surface area contributed by atoms with Crippen molar-refractivity contribution in [3.05, 3.63) is 93.0 Å². The van der Waals surface area contributed by atoms with Gasteiger partial charge in [-0.25, -0.2) is 30.6 Å². The average Bonchev–Trinajstić information content (AvgIpc) is 3.68. The molecular formula is C40H31Cl2F10N7O6S2. The maximum Gasteiger partial charge on any atom is 0.435 e. The maximum absolute atomic E-state index is 15.5. The third-order valence-electron chi connectivity index (χ3n) is 11.0. The molecule has 358 valence electrons. The molecule has 1 fully saturated rings. The van der Waals surface area contributed by atoms with Crippen molar-refractivity contribution in [1.29, 1.82) is 0 Å². The molecule has 3 heterocycles. The number of alkyl halides is 8. The Labute approximate surface area is 383 Å². The van der Waals surface area contributed by atoms with Crippen molar-refractivity contribution in [2.45, 2.75) is 74.8 Å². The number of sulfone groups is 1. The van der Waals surface area contributed by atoms with Gasteiger partial charge in [0.15, 0.2) is 21.3 Å². The largest absolute Gasteiger partial charge is 0.435 e. The van der Waals surface area contributed by atoms with E-state index in [-0.39, 0.29) is 42.5 Å². The standard InChI is InChI=1S/C40H31Cl2F10N7O6S2/c1-37(2,66(3,62)63)10-9-21-5-6-22(23-7-8-26(41)30-32(23)58(17-38(45,46)47)56-35(30)59(36(42)61)67(4,64)65)31(53-21)27(13-18-11-19(43)14-20(44)12-18)54-28(60)16-57-34-29(33(55-57)40(50,51)52)24-15-25(24)39(34,48)49/h5-8,11-12,14,24-25,27H,13,15-17H2,1-4H3,(H,54,60)/t24-,25?,27-/m0/s1. The van der Waals surface area contributed by atoms with E-state index in [0.29, 0.717) is 12.3 Å². The summed E-state index contributed by atoms with van der Waals surface area (Å²) in [6.07, 6.45) is -9.93. The van der Waals surface area contributed by atoms with E-state index in [1.807, 2.05) is 0 Å². The van der Waals surface area contributed by atoms with E-state index in [9.17, 15) is 61.5 Å². The van der Waals surface area contributed by atoms with Gasteiger partial charge in [-0.2, -0.15) is 49.6 Å². The number of fused-ring (bicyclic) bond motifs is 4. The van der Waals surface area contributed by atoms with Crippen LogP contribution in [0, 0.1) is 29.4 Å². The summed E-state index contributed by atoms with van der Waals surface area (Å²) in [5, 5.41) is 6.72. The summed E-state index contributed by atoms with van der Waals surface area (Å²) in [7, 11) is -8.64. The number of anilines is 1. The van der Waals surface area contributed by atoms with E-state index in [0.717, 1.165) is 42.7 Å².